The Labute approximate surface area is 111 Å². The molecule has 1 rings (SSSR count). The highest BCUT2D eigenvalue weighted by molar-refractivity contribution is 9.08. The number of hydrogen-bond acceptors (Lipinski definition) is 4. The van der Waals surface area contributed by atoms with Gasteiger partial charge in [-0.2, -0.15) is 5.26 Å². The summed E-state index contributed by atoms with van der Waals surface area (Å²) in [6.07, 6.45) is -2.77. The van der Waals surface area contributed by atoms with E-state index >= 15 is 0 Å². The van der Waals surface area contributed by atoms with Crippen molar-refractivity contribution in [1.29, 1.82) is 5.26 Å². The zero-order chi connectivity index (χ0) is 13.7. The van der Waals surface area contributed by atoms with Crippen LogP contribution in [0.15, 0.2) is 6.07 Å². The average Bonchev–Trinajstić information content (AvgIpc) is 2.37. The molecule has 0 bridgehead atoms. The fraction of sp³-hybridized carbons (Fsp3) is 0.364. The van der Waals surface area contributed by atoms with Gasteiger partial charge in [-0.1, -0.05) is 15.9 Å². The number of rotatable bonds is 4. The second kappa shape index (κ2) is 6.40. The Hall–Kier alpha value is -1.55. The first kappa shape index (κ1) is 14.5. The number of aromatic nitrogens is 1. The van der Waals surface area contributed by atoms with Crippen molar-refractivity contribution < 1.29 is 18.3 Å². The lowest BCUT2D eigenvalue weighted by Crippen LogP contribution is -2.11. The third-order valence-electron chi connectivity index (χ3n) is 2.10. The Bertz CT molecular complexity index is 501. The summed E-state index contributed by atoms with van der Waals surface area (Å²) in [5.41, 5.74) is -0.796. The smallest absolute Gasteiger partial charge is 0.341 e. The summed E-state index contributed by atoms with van der Waals surface area (Å²) >= 11 is 3.01. The largest absolute Gasteiger partial charge is 0.462 e. The van der Waals surface area contributed by atoms with E-state index in [4.69, 9.17) is 10.00 Å². The van der Waals surface area contributed by atoms with Gasteiger partial charge in [0, 0.05) is 10.9 Å². The van der Waals surface area contributed by atoms with E-state index in [1.807, 2.05) is 0 Å². The number of halogens is 3. The first-order valence-corrected chi connectivity index (χ1v) is 6.12. The van der Waals surface area contributed by atoms with E-state index in [1.54, 1.807) is 13.0 Å². The quantitative estimate of drug-likeness (QED) is 0.632. The molecule has 1 aromatic heterocycles. The van der Waals surface area contributed by atoms with Crippen molar-refractivity contribution in [2.75, 3.05) is 6.61 Å². The van der Waals surface area contributed by atoms with E-state index in [9.17, 15) is 13.6 Å². The average molecular weight is 319 g/mol. The molecule has 7 heteroatoms. The predicted molar refractivity (Wildman–Crippen MR) is 62.5 cm³/mol. The lowest BCUT2D eigenvalue weighted by Gasteiger charge is -2.09. The summed E-state index contributed by atoms with van der Waals surface area (Å²) in [6.45, 7) is 1.67. The topological polar surface area (TPSA) is 63.0 Å². The number of nitriles is 1. The van der Waals surface area contributed by atoms with Crippen LogP contribution in [0.25, 0.3) is 0 Å². The fourth-order valence-electron chi connectivity index (χ4n) is 1.31. The van der Waals surface area contributed by atoms with Crippen LogP contribution in [0.1, 0.15) is 40.7 Å². The Morgan fingerprint density at radius 3 is 2.78 bits per heavy atom. The van der Waals surface area contributed by atoms with Gasteiger partial charge in [-0.15, -0.1) is 0 Å². The molecule has 0 atom stereocenters. The normalized spacial score (nSPS) is 10.2. The summed E-state index contributed by atoms with van der Waals surface area (Å²) in [5.74, 6) is -0.829. The van der Waals surface area contributed by atoms with Crippen LogP contribution in [-0.4, -0.2) is 17.6 Å². The minimum Gasteiger partial charge on any atom is -0.462 e. The number of ether oxygens (including phenoxy) is 1. The summed E-state index contributed by atoms with van der Waals surface area (Å²) < 4.78 is 30.3. The van der Waals surface area contributed by atoms with E-state index in [-0.39, 0.29) is 34.5 Å². The lowest BCUT2D eigenvalue weighted by molar-refractivity contribution is 0.0525. The Morgan fingerprint density at radius 1 is 1.67 bits per heavy atom. The number of carbonyl (C=O) groups excluding carboxylic acids is 1. The van der Waals surface area contributed by atoms with Gasteiger partial charge in [0.25, 0.3) is 6.43 Å². The summed E-state index contributed by atoms with van der Waals surface area (Å²) in [7, 11) is 0. The van der Waals surface area contributed by atoms with Crippen LogP contribution in [0.4, 0.5) is 8.78 Å². The van der Waals surface area contributed by atoms with Crippen LogP contribution in [0.5, 0.6) is 0 Å². The Morgan fingerprint density at radius 2 is 2.33 bits per heavy atom. The van der Waals surface area contributed by atoms with Gasteiger partial charge in [0.1, 0.15) is 6.07 Å². The van der Waals surface area contributed by atoms with Crippen molar-refractivity contribution in [1.82, 2.24) is 4.98 Å². The number of pyridine rings is 1. The number of alkyl halides is 3. The molecule has 1 aromatic rings. The molecule has 4 nitrogen and oxygen atoms in total. The van der Waals surface area contributed by atoms with Gasteiger partial charge in [0.05, 0.1) is 17.9 Å². The van der Waals surface area contributed by atoms with Gasteiger partial charge in [-0.05, 0) is 13.0 Å². The van der Waals surface area contributed by atoms with Crippen molar-refractivity contribution in [3.05, 3.63) is 28.6 Å². The highest BCUT2D eigenvalue weighted by Crippen LogP contribution is 2.26. The molecule has 0 aliphatic carbocycles. The lowest BCUT2D eigenvalue weighted by atomic mass is 10.1. The number of hydrogen-bond donors (Lipinski definition) is 0. The maximum atomic E-state index is 12.8. The molecule has 0 spiro atoms. The molecule has 0 amide bonds. The van der Waals surface area contributed by atoms with Gasteiger partial charge in [0.15, 0.2) is 5.69 Å². The van der Waals surface area contributed by atoms with Gasteiger partial charge in [-0.3, -0.25) is 0 Å². The monoisotopic (exact) mass is 318 g/mol. The Balaban J connectivity index is 3.37. The predicted octanol–water partition coefficient (Wildman–Crippen LogP) is 2.96. The number of carbonyl (C=O) groups is 1. The zero-order valence-electron chi connectivity index (χ0n) is 9.41. The van der Waals surface area contributed by atoms with Gasteiger partial charge in [0.2, 0.25) is 0 Å². The molecule has 0 aliphatic rings. The van der Waals surface area contributed by atoms with Crippen molar-refractivity contribution in [3.8, 4) is 6.07 Å². The molecule has 0 saturated carbocycles. The van der Waals surface area contributed by atoms with E-state index in [0.29, 0.717) is 0 Å². The third-order valence-corrected chi connectivity index (χ3v) is 2.63. The minimum atomic E-state index is -2.77. The Kier molecular flexibility index (Phi) is 5.16. The molecule has 1 heterocycles. The third kappa shape index (κ3) is 3.01. The molecule has 0 aliphatic heterocycles. The highest BCUT2D eigenvalue weighted by Gasteiger charge is 2.22. The SMILES string of the molecule is CCOC(=O)c1cc(C(F)F)c(CBr)nc1C#N. The second-order valence-electron chi connectivity index (χ2n) is 3.19. The van der Waals surface area contributed by atoms with Crippen LogP contribution in [-0.2, 0) is 10.1 Å². The van der Waals surface area contributed by atoms with E-state index in [1.165, 1.54) is 0 Å². The molecule has 0 radical (unpaired) electrons. The standard InChI is InChI=1S/C11H9BrF2N2O2/c1-2-18-11(17)7-3-6(10(13)14)8(4-12)16-9(7)5-15/h3,10H,2,4H2,1H3. The maximum Gasteiger partial charge on any atom is 0.341 e. The number of esters is 1. The van der Waals surface area contributed by atoms with Crippen molar-refractivity contribution in [2.24, 2.45) is 0 Å². The first-order valence-electron chi connectivity index (χ1n) is 5.00. The van der Waals surface area contributed by atoms with E-state index in [2.05, 4.69) is 20.9 Å². The second-order valence-corrected chi connectivity index (χ2v) is 3.75. The molecular weight excluding hydrogens is 310 g/mol. The van der Waals surface area contributed by atoms with Gasteiger partial charge >= 0.3 is 5.97 Å². The van der Waals surface area contributed by atoms with Crippen molar-refractivity contribution >= 4 is 21.9 Å². The summed E-state index contributed by atoms with van der Waals surface area (Å²) in [4.78, 5) is 15.3. The van der Waals surface area contributed by atoms with Crippen LogP contribution in [0, 0.1) is 11.3 Å². The summed E-state index contributed by atoms with van der Waals surface area (Å²) in [5, 5.41) is 8.94. The van der Waals surface area contributed by atoms with Crippen LogP contribution >= 0.6 is 15.9 Å². The van der Waals surface area contributed by atoms with Crippen molar-refractivity contribution in [3.63, 3.8) is 0 Å². The first-order chi connectivity index (χ1) is 8.54. The van der Waals surface area contributed by atoms with Crippen LogP contribution < -0.4 is 0 Å². The minimum absolute atomic E-state index is 0.0367. The fourth-order valence-corrected chi connectivity index (χ4v) is 1.76. The summed E-state index contributed by atoms with van der Waals surface area (Å²) in [6, 6.07) is 2.66. The van der Waals surface area contributed by atoms with Gasteiger partial charge < -0.3 is 4.74 Å². The molecular formula is C11H9BrF2N2O2. The zero-order valence-corrected chi connectivity index (χ0v) is 11.0. The van der Waals surface area contributed by atoms with E-state index in [0.717, 1.165) is 6.07 Å². The molecule has 0 fully saturated rings. The molecule has 0 N–H and O–H groups in total. The number of nitrogens with zero attached hydrogens (tertiary/aromatic N) is 2. The van der Waals surface area contributed by atoms with Gasteiger partial charge in [-0.25, -0.2) is 18.6 Å². The molecule has 0 unspecified atom stereocenters. The van der Waals surface area contributed by atoms with E-state index < -0.39 is 12.4 Å². The van der Waals surface area contributed by atoms with Crippen LogP contribution in [0.3, 0.4) is 0 Å². The van der Waals surface area contributed by atoms with Crippen LogP contribution in [0.2, 0.25) is 0 Å². The molecule has 0 aromatic carbocycles. The van der Waals surface area contributed by atoms with Crippen molar-refractivity contribution in [2.45, 2.75) is 18.7 Å². The molecule has 18 heavy (non-hydrogen) atoms. The maximum absolute atomic E-state index is 12.8. The highest BCUT2D eigenvalue weighted by atomic mass is 79.9. The molecule has 96 valence electrons. The molecule has 0 saturated heterocycles.